The fourth-order valence-electron chi connectivity index (χ4n) is 2.17. The number of rotatable bonds is 3. The Bertz CT molecular complexity index is 305. The largest absolute Gasteiger partial charge is 0.381 e. The maximum Gasteiger partial charge on any atom is 0.125 e. The molecule has 1 saturated heterocycles. The number of hydrogen-bond donors (Lipinski definition) is 1. The molecule has 2 heterocycles. The molecule has 1 atom stereocenters. The summed E-state index contributed by atoms with van der Waals surface area (Å²) in [5.74, 6) is 1.54. The Labute approximate surface area is 90.4 Å². The van der Waals surface area contributed by atoms with Gasteiger partial charge in [-0.3, -0.25) is 0 Å². The van der Waals surface area contributed by atoms with Gasteiger partial charge in [0.15, 0.2) is 0 Å². The summed E-state index contributed by atoms with van der Waals surface area (Å²) in [5, 5.41) is 0. The van der Waals surface area contributed by atoms with E-state index in [4.69, 9.17) is 10.5 Å². The Morgan fingerprint density at radius 2 is 2.33 bits per heavy atom. The van der Waals surface area contributed by atoms with Crippen molar-refractivity contribution in [2.75, 3.05) is 13.2 Å². The monoisotopic (exact) mass is 209 g/mol. The molecule has 0 radical (unpaired) electrons. The fourth-order valence-corrected chi connectivity index (χ4v) is 2.17. The molecule has 0 aliphatic carbocycles. The van der Waals surface area contributed by atoms with Gasteiger partial charge in [0.2, 0.25) is 0 Å². The Balaban J connectivity index is 2.08. The SMILES string of the molecule is CCn1ccnc1[C@H](N)C1CCOCC1. The van der Waals surface area contributed by atoms with Crippen LogP contribution >= 0.6 is 0 Å². The van der Waals surface area contributed by atoms with E-state index in [1.54, 1.807) is 0 Å². The van der Waals surface area contributed by atoms with E-state index >= 15 is 0 Å². The first-order valence-corrected chi connectivity index (χ1v) is 5.67. The molecule has 0 unspecified atom stereocenters. The summed E-state index contributed by atoms with van der Waals surface area (Å²) in [6.45, 7) is 4.73. The van der Waals surface area contributed by atoms with E-state index in [0.717, 1.165) is 38.4 Å². The van der Waals surface area contributed by atoms with Crippen molar-refractivity contribution in [3.05, 3.63) is 18.2 Å². The molecular formula is C11H19N3O. The second kappa shape index (κ2) is 4.77. The molecule has 0 bridgehead atoms. The zero-order valence-corrected chi connectivity index (χ0v) is 9.22. The lowest BCUT2D eigenvalue weighted by Crippen LogP contribution is -2.29. The highest BCUT2D eigenvalue weighted by Crippen LogP contribution is 2.26. The van der Waals surface area contributed by atoms with Crippen molar-refractivity contribution in [3.63, 3.8) is 0 Å². The minimum absolute atomic E-state index is 0.0591. The van der Waals surface area contributed by atoms with Crippen LogP contribution in [0.15, 0.2) is 12.4 Å². The number of nitrogens with two attached hydrogens (primary N) is 1. The lowest BCUT2D eigenvalue weighted by molar-refractivity contribution is 0.0571. The van der Waals surface area contributed by atoms with Crippen LogP contribution < -0.4 is 5.73 Å². The minimum Gasteiger partial charge on any atom is -0.381 e. The Hall–Kier alpha value is -0.870. The summed E-state index contributed by atoms with van der Waals surface area (Å²) in [7, 11) is 0. The standard InChI is InChI=1S/C11H19N3O/c1-2-14-6-5-13-11(14)10(12)9-3-7-15-8-4-9/h5-6,9-10H,2-4,7-8,12H2,1H3/t10-/m1/s1. The molecule has 1 fully saturated rings. The zero-order valence-electron chi connectivity index (χ0n) is 9.22. The van der Waals surface area contributed by atoms with Gasteiger partial charge in [-0.2, -0.15) is 0 Å². The molecule has 2 N–H and O–H groups in total. The summed E-state index contributed by atoms with van der Waals surface area (Å²) in [6, 6.07) is 0.0591. The molecule has 84 valence electrons. The van der Waals surface area contributed by atoms with E-state index in [1.165, 1.54) is 0 Å². The Morgan fingerprint density at radius 3 is 3.00 bits per heavy atom. The van der Waals surface area contributed by atoms with Crippen molar-refractivity contribution in [1.29, 1.82) is 0 Å². The molecule has 0 spiro atoms. The molecule has 2 rings (SSSR count). The first-order valence-electron chi connectivity index (χ1n) is 5.67. The van der Waals surface area contributed by atoms with Gasteiger partial charge in [0.05, 0.1) is 6.04 Å². The van der Waals surface area contributed by atoms with Crippen molar-refractivity contribution in [2.24, 2.45) is 11.7 Å². The van der Waals surface area contributed by atoms with Gasteiger partial charge in [-0.1, -0.05) is 0 Å². The summed E-state index contributed by atoms with van der Waals surface area (Å²) < 4.78 is 7.47. The number of nitrogens with zero attached hydrogens (tertiary/aromatic N) is 2. The molecular weight excluding hydrogens is 190 g/mol. The smallest absolute Gasteiger partial charge is 0.125 e. The molecule has 1 aromatic heterocycles. The lowest BCUT2D eigenvalue weighted by Gasteiger charge is -2.27. The van der Waals surface area contributed by atoms with Crippen LogP contribution in [0.4, 0.5) is 0 Å². The van der Waals surface area contributed by atoms with Gasteiger partial charge < -0.3 is 15.0 Å². The van der Waals surface area contributed by atoms with Crippen LogP contribution in [0.2, 0.25) is 0 Å². The zero-order chi connectivity index (χ0) is 10.7. The topological polar surface area (TPSA) is 53.1 Å². The summed E-state index contributed by atoms with van der Waals surface area (Å²) in [6.07, 6.45) is 5.93. The molecule has 1 aliphatic rings. The van der Waals surface area contributed by atoms with Crippen LogP contribution in [-0.4, -0.2) is 22.8 Å². The van der Waals surface area contributed by atoms with Gasteiger partial charge in [-0.25, -0.2) is 4.98 Å². The maximum atomic E-state index is 6.25. The van der Waals surface area contributed by atoms with Gasteiger partial charge in [0.1, 0.15) is 5.82 Å². The van der Waals surface area contributed by atoms with E-state index < -0.39 is 0 Å². The van der Waals surface area contributed by atoms with Gasteiger partial charge >= 0.3 is 0 Å². The van der Waals surface area contributed by atoms with Crippen LogP contribution in [0.25, 0.3) is 0 Å². The molecule has 15 heavy (non-hydrogen) atoms. The van der Waals surface area contributed by atoms with Crippen molar-refractivity contribution < 1.29 is 4.74 Å². The highest BCUT2D eigenvalue weighted by molar-refractivity contribution is 5.00. The van der Waals surface area contributed by atoms with E-state index in [9.17, 15) is 0 Å². The Kier molecular flexibility index (Phi) is 3.38. The average Bonchev–Trinajstić information content (AvgIpc) is 2.77. The minimum atomic E-state index is 0.0591. The Morgan fingerprint density at radius 1 is 1.60 bits per heavy atom. The molecule has 0 aromatic carbocycles. The molecule has 1 aromatic rings. The van der Waals surface area contributed by atoms with E-state index in [2.05, 4.69) is 16.5 Å². The normalized spacial score (nSPS) is 20.4. The number of ether oxygens (including phenoxy) is 1. The number of hydrogen-bond acceptors (Lipinski definition) is 3. The first-order chi connectivity index (χ1) is 7.33. The van der Waals surface area contributed by atoms with Crippen LogP contribution in [0, 0.1) is 5.92 Å². The molecule has 0 saturated carbocycles. The number of aromatic nitrogens is 2. The maximum absolute atomic E-state index is 6.25. The predicted octanol–water partition coefficient (Wildman–Crippen LogP) is 1.33. The van der Waals surface area contributed by atoms with Crippen molar-refractivity contribution in [1.82, 2.24) is 9.55 Å². The first kappa shape index (κ1) is 10.6. The summed E-state index contributed by atoms with van der Waals surface area (Å²) in [4.78, 5) is 4.36. The van der Waals surface area contributed by atoms with E-state index in [1.807, 2.05) is 12.4 Å². The van der Waals surface area contributed by atoms with Crippen LogP contribution in [0.5, 0.6) is 0 Å². The van der Waals surface area contributed by atoms with Crippen molar-refractivity contribution >= 4 is 0 Å². The summed E-state index contributed by atoms with van der Waals surface area (Å²) >= 11 is 0. The van der Waals surface area contributed by atoms with Crippen molar-refractivity contribution in [2.45, 2.75) is 32.4 Å². The van der Waals surface area contributed by atoms with Gasteiger partial charge in [-0.15, -0.1) is 0 Å². The summed E-state index contributed by atoms with van der Waals surface area (Å²) in [5.41, 5.74) is 6.25. The third-order valence-electron chi connectivity index (χ3n) is 3.16. The van der Waals surface area contributed by atoms with Crippen molar-refractivity contribution in [3.8, 4) is 0 Å². The fraction of sp³-hybridized carbons (Fsp3) is 0.727. The van der Waals surface area contributed by atoms with E-state index in [0.29, 0.717) is 5.92 Å². The quantitative estimate of drug-likeness (QED) is 0.817. The molecule has 4 heteroatoms. The second-order valence-corrected chi connectivity index (χ2v) is 4.05. The molecule has 4 nitrogen and oxygen atoms in total. The van der Waals surface area contributed by atoms with Gasteiger partial charge in [-0.05, 0) is 25.7 Å². The number of imidazole rings is 1. The van der Waals surface area contributed by atoms with Crippen LogP contribution in [0.3, 0.4) is 0 Å². The highest BCUT2D eigenvalue weighted by atomic mass is 16.5. The van der Waals surface area contributed by atoms with Gasteiger partial charge in [0.25, 0.3) is 0 Å². The molecule has 1 aliphatic heterocycles. The lowest BCUT2D eigenvalue weighted by atomic mass is 9.92. The van der Waals surface area contributed by atoms with E-state index in [-0.39, 0.29) is 6.04 Å². The highest BCUT2D eigenvalue weighted by Gasteiger charge is 2.24. The van der Waals surface area contributed by atoms with Gasteiger partial charge in [0, 0.05) is 32.2 Å². The second-order valence-electron chi connectivity index (χ2n) is 4.05. The third kappa shape index (κ3) is 2.21. The number of aryl methyl sites for hydroxylation is 1. The third-order valence-corrected chi connectivity index (χ3v) is 3.16. The molecule has 0 amide bonds. The van der Waals surface area contributed by atoms with Crippen LogP contribution in [0.1, 0.15) is 31.6 Å². The van der Waals surface area contributed by atoms with Crippen LogP contribution in [-0.2, 0) is 11.3 Å². The predicted molar refractivity (Wildman–Crippen MR) is 58.4 cm³/mol. The average molecular weight is 209 g/mol.